The minimum atomic E-state index is -2.91. The summed E-state index contributed by atoms with van der Waals surface area (Å²) < 4.78 is 35.1. The lowest BCUT2D eigenvalue weighted by Crippen LogP contribution is -2.44. The van der Waals surface area contributed by atoms with E-state index in [1.165, 1.54) is 24.3 Å². The molecule has 0 bridgehead atoms. The van der Waals surface area contributed by atoms with Gasteiger partial charge in [-0.25, -0.2) is 4.79 Å². The predicted molar refractivity (Wildman–Crippen MR) is 109 cm³/mol. The largest absolute Gasteiger partial charge is 0.478 e. The standard InChI is InChI=1S/C23H25F2NO5/c1-14(2)19(30-13-15-4-3-5-18(12-15)31-22(24)25)20(27)26-23(10-11-23)17-8-6-16(7-9-17)21(28)29/h3-9,12,14,19,22H,10-11,13H2,1-2H3,(H,26,27)(H,28,29). The van der Waals surface area contributed by atoms with Gasteiger partial charge >= 0.3 is 12.6 Å². The van der Waals surface area contributed by atoms with E-state index in [9.17, 15) is 18.4 Å². The maximum Gasteiger partial charge on any atom is 0.387 e. The Balaban J connectivity index is 1.65. The summed E-state index contributed by atoms with van der Waals surface area (Å²) in [5.41, 5.74) is 1.13. The molecule has 6 nitrogen and oxygen atoms in total. The summed E-state index contributed by atoms with van der Waals surface area (Å²) in [7, 11) is 0. The van der Waals surface area contributed by atoms with Crippen LogP contribution in [0.2, 0.25) is 0 Å². The summed E-state index contributed by atoms with van der Waals surface area (Å²) in [5, 5.41) is 12.1. The molecule has 3 rings (SSSR count). The first-order valence-corrected chi connectivity index (χ1v) is 10.0. The van der Waals surface area contributed by atoms with Crippen molar-refractivity contribution < 1.29 is 33.0 Å². The molecule has 0 aliphatic heterocycles. The normalized spacial score (nSPS) is 15.5. The SMILES string of the molecule is CC(C)C(OCc1cccc(OC(F)F)c1)C(=O)NC1(c2ccc(C(=O)O)cc2)CC1. The van der Waals surface area contributed by atoms with Crippen LogP contribution in [0.15, 0.2) is 48.5 Å². The monoisotopic (exact) mass is 433 g/mol. The van der Waals surface area contributed by atoms with Crippen LogP contribution >= 0.6 is 0 Å². The van der Waals surface area contributed by atoms with Crippen molar-refractivity contribution in [3.63, 3.8) is 0 Å². The first-order chi connectivity index (χ1) is 14.7. The van der Waals surface area contributed by atoms with E-state index < -0.39 is 24.2 Å². The molecule has 8 heteroatoms. The summed E-state index contributed by atoms with van der Waals surface area (Å²) >= 11 is 0. The number of hydrogen-bond acceptors (Lipinski definition) is 4. The Labute approximate surface area is 179 Å². The second kappa shape index (κ2) is 9.43. The smallest absolute Gasteiger partial charge is 0.387 e. The van der Waals surface area contributed by atoms with E-state index >= 15 is 0 Å². The number of aromatic carboxylic acids is 1. The highest BCUT2D eigenvalue weighted by Gasteiger charge is 2.46. The van der Waals surface area contributed by atoms with Gasteiger partial charge in [-0.1, -0.05) is 38.1 Å². The first kappa shape index (κ1) is 22.7. The third-order valence-electron chi connectivity index (χ3n) is 5.21. The fraction of sp³-hybridized carbons (Fsp3) is 0.391. The summed E-state index contributed by atoms with van der Waals surface area (Å²) in [6, 6.07) is 12.7. The molecule has 2 aromatic carbocycles. The zero-order valence-electron chi connectivity index (χ0n) is 17.3. The van der Waals surface area contributed by atoms with Gasteiger partial charge in [-0.05, 0) is 54.2 Å². The van der Waals surface area contributed by atoms with Gasteiger partial charge in [-0.3, -0.25) is 4.79 Å². The van der Waals surface area contributed by atoms with E-state index in [-0.39, 0.29) is 29.7 Å². The minimum absolute atomic E-state index is 0.0309. The van der Waals surface area contributed by atoms with Gasteiger partial charge in [0.2, 0.25) is 5.91 Å². The number of benzene rings is 2. The summed E-state index contributed by atoms with van der Waals surface area (Å²) in [6.07, 6.45) is 0.766. The Bertz CT molecular complexity index is 926. The van der Waals surface area contributed by atoms with Crippen LogP contribution in [0.3, 0.4) is 0 Å². The molecule has 1 aliphatic carbocycles. The number of alkyl halides is 2. The van der Waals surface area contributed by atoms with Crippen molar-refractivity contribution in [1.29, 1.82) is 0 Å². The molecule has 0 saturated heterocycles. The van der Waals surface area contributed by atoms with Gasteiger partial charge in [-0.2, -0.15) is 8.78 Å². The van der Waals surface area contributed by atoms with Crippen molar-refractivity contribution in [2.75, 3.05) is 0 Å². The van der Waals surface area contributed by atoms with Crippen molar-refractivity contribution in [2.24, 2.45) is 5.92 Å². The van der Waals surface area contributed by atoms with Crippen LogP contribution in [0.1, 0.15) is 48.2 Å². The fourth-order valence-corrected chi connectivity index (χ4v) is 3.42. The van der Waals surface area contributed by atoms with Crippen LogP contribution in [0, 0.1) is 5.92 Å². The number of nitrogens with one attached hydrogen (secondary N) is 1. The molecular weight excluding hydrogens is 408 g/mol. The maximum atomic E-state index is 13.0. The Morgan fingerprint density at radius 2 is 1.81 bits per heavy atom. The van der Waals surface area contributed by atoms with Crippen LogP contribution in [-0.4, -0.2) is 29.7 Å². The lowest BCUT2D eigenvalue weighted by Gasteiger charge is -2.25. The lowest BCUT2D eigenvalue weighted by atomic mass is 10.0. The molecule has 2 N–H and O–H groups in total. The van der Waals surface area contributed by atoms with Crippen LogP contribution < -0.4 is 10.1 Å². The maximum absolute atomic E-state index is 13.0. The van der Waals surface area contributed by atoms with Gasteiger partial charge in [0.1, 0.15) is 11.9 Å². The number of carbonyl (C=O) groups excluding carboxylic acids is 1. The average Bonchev–Trinajstić information content (AvgIpc) is 3.48. The Morgan fingerprint density at radius 3 is 2.35 bits per heavy atom. The van der Waals surface area contributed by atoms with Crippen LogP contribution in [-0.2, 0) is 21.7 Å². The molecule has 2 aromatic rings. The number of carboxylic acid groups (broad SMARTS) is 1. The Hall–Kier alpha value is -3.00. The fourth-order valence-electron chi connectivity index (χ4n) is 3.42. The second-order valence-electron chi connectivity index (χ2n) is 7.96. The molecule has 1 unspecified atom stereocenters. The van der Waals surface area contributed by atoms with Gasteiger partial charge in [0.15, 0.2) is 0 Å². The molecule has 31 heavy (non-hydrogen) atoms. The highest BCUT2D eigenvalue weighted by atomic mass is 19.3. The highest BCUT2D eigenvalue weighted by molar-refractivity contribution is 5.87. The van der Waals surface area contributed by atoms with Crippen LogP contribution in [0.5, 0.6) is 5.75 Å². The zero-order valence-corrected chi connectivity index (χ0v) is 17.3. The van der Waals surface area contributed by atoms with E-state index in [0.29, 0.717) is 5.56 Å². The molecule has 1 fully saturated rings. The number of carbonyl (C=O) groups is 2. The Kier molecular flexibility index (Phi) is 6.90. The molecule has 1 aliphatic rings. The van der Waals surface area contributed by atoms with E-state index in [4.69, 9.17) is 9.84 Å². The minimum Gasteiger partial charge on any atom is -0.478 e. The molecule has 0 radical (unpaired) electrons. The molecule has 1 saturated carbocycles. The molecule has 1 amide bonds. The van der Waals surface area contributed by atoms with Crippen LogP contribution in [0.4, 0.5) is 8.78 Å². The van der Waals surface area contributed by atoms with Crippen molar-refractivity contribution in [1.82, 2.24) is 5.32 Å². The van der Waals surface area contributed by atoms with Gasteiger partial charge in [0.05, 0.1) is 17.7 Å². The number of carboxylic acids is 1. The molecule has 0 heterocycles. The summed E-state index contributed by atoms with van der Waals surface area (Å²) in [6.45, 7) is 0.880. The number of hydrogen-bond donors (Lipinski definition) is 2. The summed E-state index contributed by atoms with van der Waals surface area (Å²) in [5.74, 6) is -1.36. The molecule has 0 aromatic heterocycles. The Morgan fingerprint density at radius 1 is 1.13 bits per heavy atom. The van der Waals surface area contributed by atoms with E-state index in [1.807, 2.05) is 13.8 Å². The number of amides is 1. The van der Waals surface area contributed by atoms with Crippen molar-refractivity contribution in [2.45, 2.75) is 51.6 Å². The third kappa shape index (κ3) is 5.79. The number of halogens is 2. The van der Waals surface area contributed by atoms with Crippen LogP contribution in [0.25, 0.3) is 0 Å². The number of rotatable bonds is 10. The number of ether oxygens (including phenoxy) is 2. The lowest BCUT2D eigenvalue weighted by molar-refractivity contribution is -0.137. The van der Waals surface area contributed by atoms with Gasteiger partial charge in [0.25, 0.3) is 0 Å². The predicted octanol–water partition coefficient (Wildman–Crippen LogP) is 4.33. The molecule has 0 spiro atoms. The van der Waals surface area contributed by atoms with E-state index in [0.717, 1.165) is 18.4 Å². The van der Waals surface area contributed by atoms with E-state index in [2.05, 4.69) is 10.1 Å². The van der Waals surface area contributed by atoms with Gasteiger partial charge in [-0.15, -0.1) is 0 Å². The quantitative estimate of drug-likeness (QED) is 0.583. The molecule has 1 atom stereocenters. The molecule has 166 valence electrons. The first-order valence-electron chi connectivity index (χ1n) is 10.0. The third-order valence-corrected chi connectivity index (χ3v) is 5.21. The van der Waals surface area contributed by atoms with Crippen molar-refractivity contribution in [3.8, 4) is 5.75 Å². The van der Waals surface area contributed by atoms with E-state index in [1.54, 1.807) is 24.3 Å². The van der Waals surface area contributed by atoms with Gasteiger partial charge < -0.3 is 19.9 Å². The topological polar surface area (TPSA) is 84.9 Å². The van der Waals surface area contributed by atoms with Crippen molar-refractivity contribution in [3.05, 3.63) is 65.2 Å². The molecular formula is C23H25F2NO5. The van der Waals surface area contributed by atoms with Crippen molar-refractivity contribution >= 4 is 11.9 Å². The average molecular weight is 433 g/mol. The highest BCUT2D eigenvalue weighted by Crippen LogP contribution is 2.45. The van der Waals surface area contributed by atoms with Gasteiger partial charge in [0, 0.05) is 0 Å². The summed E-state index contributed by atoms with van der Waals surface area (Å²) in [4.78, 5) is 24.0. The second-order valence-corrected chi connectivity index (χ2v) is 7.96. The zero-order chi connectivity index (χ0) is 22.6.